The molecule has 19 heteroatoms. The summed E-state index contributed by atoms with van der Waals surface area (Å²) < 4.78 is 68.5. The average molecular weight is 1600 g/mol. The zero-order chi connectivity index (χ0) is 81.7. The number of unbranched alkanes of at least 4 members (excludes halogenated alkanes) is 20. The van der Waals surface area contributed by atoms with Gasteiger partial charge in [-0.1, -0.05) is 312 Å². The van der Waals surface area contributed by atoms with Gasteiger partial charge in [-0.05, 0) is 167 Å². The Morgan fingerprint density at radius 2 is 0.455 bits per heavy atom. The standard InChI is InChI=1S/C93H150O17P2/c1-5-9-13-17-21-25-29-33-37-40-43-46-50-53-57-61-65-69-73-77-90(95)103-83-88(109-92(97)79-75-71-67-63-59-55-49-36-32-28-24-20-16-12-8-4)85-107-111(99,100)105-81-87(94)82-106-112(101,102)108-86-89(110-93(98)80-76-72-68-64-60-56-52-48-45-42-39-35-31-27-23-19-15-11-7-3)84-104-91(96)78-74-70-66-62-58-54-51-47-44-41-38-34-30-26-22-18-14-10-6-2/h21-23,25-28,32-35,37-39,43-48,53-54,56-58,60,65-66,68-70,72,87-89,94H,5-20,24,29-31,36,40-42,49-52,55,59,61-64,67,71,73-86H2,1-4H3,(H,99,100)(H,101,102)/b25-21-,26-22-,27-23-,32-28-,37-33-,38-34-,39-35-,46-43-,47-44-,48-45-,57-53-,58-54-,60-56-,69-65-,70-66-,72-68-/t87-,88+,89+/m0/s1. The van der Waals surface area contributed by atoms with Crippen LogP contribution in [0.25, 0.3) is 0 Å². The summed E-state index contributed by atoms with van der Waals surface area (Å²) in [5.74, 6) is -2.49. The predicted octanol–water partition coefficient (Wildman–Crippen LogP) is 25.7. The van der Waals surface area contributed by atoms with E-state index in [1.807, 2.05) is 54.7 Å². The maximum absolute atomic E-state index is 13.1. The Bertz CT molecular complexity index is 2890. The molecule has 0 radical (unpaired) electrons. The van der Waals surface area contributed by atoms with E-state index in [1.165, 1.54) is 83.5 Å². The van der Waals surface area contributed by atoms with Gasteiger partial charge in [0.15, 0.2) is 12.2 Å². The van der Waals surface area contributed by atoms with Crippen LogP contribution in [-0.2, 0) is 65.4 Å². The van der Waals surface area contributed by atoms with Crippen LogP contribution in [0.5, 0.6) is 0 Å². The van der Waals surface area contributed by atoms with Gasteiger partial charge in [0, 0.05) is 25.7 Å². The topological polar surface area (TPSA) is 237 Å². The molecule has 17 nitrogen and oxygen atoms in total. The zero-order valence-corrected chi connectivity index (χ0v) is 71.3. The molecule has 0 amide bonds. The summed E-state index contributed by atoms with van der Waals surface area (Å²) in [6.45, 7) is 4.51. The maximum Gasteiger partial charge on any atom is 0.472 e. The summed E-state index contributed by atoms with van der Waals surface area (Å²) in [7, 11) is -10.1. The van der Waals surface area contributed by atoms with E-state index in [-0.39, 0.29) is 25.7 Å². The first-order valence-corrected chi connectivity index (χ1v) is 45.7. The van der Waals surface area contributed by atoms with E-state index in [0.717, 1.165) is 128 Å². The normalized spacial score (nSPS) is 14.7. The van der Waals surface area contributed by atoms with Gasteiger partial charge < -0.3 is 33.8 Å². The summed E-state index contributed by atoms with van der Waals surface area (Å²) in [6, 6.07) is 0. The molecule has 0 aliphatic rings. The lowest BCUT2D eigenvalue weighted by Gasteiger charge is -2.21. The molecule has 634 valence electrons. The summed E-state index contributed by atoms with van der Waals surface area (Å²) >= 11 is 0. The van der Waals surface area contributed by atoms with Crippen molar-refractivity contribution < 1.29 is 80.2 Å². The minimum atomic E-state index is -5.03. The fourth-order valence-corrected chi connectivity index (χ4v) is 12.1. The van der Waals surface area contributed by atoms with Crippen molar-refractivity contribution in [1.29, 1.82) is 0 Å². The van der Waals surface area contributed by atoms with Crippen LogP contribution in [0.1, 0.15) is 310 Å². The third-order valence-corrected chi connectivity index (χ3v) is 18.9. The number of carbonyl (C=O) groups excluding carboxylic acids is 4. The highest BCUT2D eigenvalue weighted by Gasteiger charge is 2.30. The van der Waals surface area contributed by atoms with Crippen molar-refractivity contribution in [3.05, 3.63) is 194 Å². The van der Waals surface area contributed by atoms with Crippen LogP contribution in [0.4, 0.5) is 0 Å². The van der Waals surface area contributed by atoms with Crippen LogP contribution in [0.2, 0.25) is 0 Å². The number of allylic oxidation sites excluding steroid dienone is 32. The molecule has 0 spiro atoms. The molecule has 0 aromatic rings. The number of phosphoric ester groups is 2. The van der Waals surface area contributed by atoms with Gasteiger partial charge in [0.2, 0.25) is 0 Å². The zero-order valence-electron chi connectivity index (χ0n) is 69.5. The lowest BCUT2D eigenvalue weighted by atomic mass is 10.1. The fraction of sp³-hybridized carbons (Fsp3) is 0.613. The van der Waals surface area contributed by atoms with Gasteiger partial charge in [0.05, 0.1) is 26.4 Å². The Morgan fingerprint density at radius 1 is 0.250 bits per heavy atom. The largest absolute Gasteiger partial charge is 0.472 e. The number of aliphatic hydroxyl groups is 1. The van der Waals surface area contributed by atoms with E-state index in [0.29, 0.717) is 44.9 Å². The molecule has 0 aliphatic carbocycles. The van der Waals surface area contributed by atoms with E-state index < -0.39 is 97.5 Å². The van der Waals surface area contributed by atoms with Gasteiger partial charge in [-0.25, -0.2) is 9.13 Å². The quantitative estimate of drug-likeness (QED) is 0.0169. The lowest BCUT2D eigenvalue weighted by Crippen LogP contribution is -2.30. The first kappa shape index (κ1) is 106. The maximum atomic E-state index is 13.1. The minimum Gasteiger partial charge on any atom is -0.462 e. The average Bonchev–Trinajstić information content (AvgIpc) is 0.898. The van der Waals surface area contributed by atoms with Gasteiger partial charge in [0.25, 0.3) is 0 Å². The van der Waals surface area contributed by atoms with Crippen LogP contribution < -0.4 is 0 Å². The monoisotopic (exact) mass is 1600 g/mol. The van der Waals surface area contributed by atoms with Gasteiger partial charge >= 0.3 is 39.5 Å². The van der Waals surface area contributed by atoms with Crippen molar-refractivity contribution in [3.63, 3.8) is 0 Å². The number of aliphatic hydroxyl groups excluding tert-OH is 1. The SMILES string of the molecule is CCCCC/C=C\C/C=C\C/C=C\C/C=C\C/C=C\CCC(=O)OC[C@H](COP(=O)(O)OC[C@@H](O)COP(=O)(O)OC[C@@H](COC(=O)CC/C=C\C/C=C\C/C=C\C/C=C\C/C=C\CCCCC)OC(=O)CCCCCCCCC/C=C\CCCCCC)OC(=O)CC/C=C\C/C=C\C/C=C\C/C=C\C/C=C\CCCCC. The number of rotatable bonds is 78. The molecule has 3 N–H and O–H groups in total. The summed E-state index contributed by atoms with van der Waals surface area (Å²) in [4.78, 5) is 73.1. The van der Waals surface area contributed by atoms with E-state index in [9.17, 15) is 43.2 Å². The second-order valence-corrected chi connectivity index (χ2v) is 30.6. The third-order valence-electron chi connectivity index (χ3n) is 17.0. The molecule has 5 atom stereocenters. The number of ether oxygens (including phenoxy) is 4. The lowest BCUT2D eigenvalue weighted by molar-refractivity contribution is -0.161. The first-order chi connectivity index (χ1) is 54.7. The summed E-state index contributed by atoms with van der Waals surface area (Å²) in [6.07, 6.45) is 103. The molecule has 0 aliphatic heterocycles. The summed E-state index contributed by atoms with van der Waals surface area (Å²) in [5.41, 5.74) is 0. The molecule has 0 rings (SSSR count). The van der Waals surface area contributed by atoms with Gasteiger partial charge in [0.1, 0.15) is 19.3 Å². The van der Waals surface area contributed by atoms with E-state index in [2.05, 4.69) is 167 Å². The van der Waals surface area contributed by atoms with E-state index in [4.69, 9.17) is 37.0 Å². The van der Waals surface area contributed by atoms with Crippen molar-refractivity contribution in [2.75, 3.05) is 39.6 Å². The van der Waals surface area contributed by atoms with Crippen molar-refractivity contribution in [1.82, 2.24) is 0 Å². The Kier molecular flexibility index (Phi) is 78.4. The number of phosphoric acid groups is 2. The molecule has 0 saturated heterocycles. The number of esters is 4. The predicted molar refractivity (Wildman–Crippen MR) is 463 cm³/mol. The van der Waals surface area contributed by atoms with E-state index >= 15 is 0 Å². The smallest absolute Gasteiger partial charge is 0.462 e. The molecule has 0 saturated carbocycles. The van der Waals surface area contributed by atoms with Crippen molar-refractivity contribution in [3.8, 4) is 0 Å². The number of hydrogen-bond donors (Lipinski definition) is 3. The molecule has 0 bridgehead atoms. The summed E-state index contributed by atoms with van der Waals surface area (Å²) in [5, 5.41) is 10.7. The van der Waals surface area contributed by atoms with E-state index in [1.54, 1.807) is 0 Å². The second kappa shape index (κ2) is 82.9. The van der Waals surface area contributed by atoms with Crippen molar-refractivity contribution in [2.45, 2.75) is 329 Å². The Labute approximate surface area is 678 Å². The second-order valence-electron chi connectivity index (χ2n) is 27.7. The number of hydrogen-bond acceptors (Lipinski definition) is 15. The van der Waals surface area contributed by atoms with Crippen LogP contribution in [-0.4, -0.2) is 96.7 Å². The molecule has 0 aromatic heterocycles. The Hall–Kier alpha value is -6.10. The number of carbonyl (C=O) groups is 4. The third kappa shape index (κ3) is 81.9. The Morgan fingerprint density at radius 3 is 0.750 bits per heavy atom. The van der Waals surface area contributed by atoms with Crippen molar-refractivity contribution >= 4 is 39.5 Å². The van der Waals surface area contributed by atoms with Crippen LogP contribution in [0, 0.1) is 0 Å². The minimum absolute atomic E-state index is 0.0136. The van der Waals surface area contributed by atoms with Crippen LogP contribution >= 0.6 is 15.6 Å². The van der Waals surface area contributed by atoms with Crippen LogP contribution in [0.15, 0.2) is 194 Å². The first-order valence-electron chi connectivity index (χ1n) is 42.7. The highest BCUT2D eigenvalue weighted by Crippen LogP contribution is 2.45. The van der Waals surface area contributed by atoms with Gasteiger partial charge in [-0.3, -0.25) is 37.3 Å². The fourth-order valence-electron chi connectivity index (χ4n) is 10.5. The highest BCUT2D eigenvalue weighted by molar-refractivity contribution is 7.47. The van der Waals surface area contributed by atoms with Crippen LogP contribution in [0.3, 0.4) is 0 Å². The highest BCUT2D eigenvalue weighted by atomic mass is 31.2. The molecule has 112 heavy (non-hydrogen) atoms. The molecular formula is C93H150O17P2. The molecule has 0 aromatic carbocycles. The molecule has 0 fully saturated rings. The molecule has 2 unspecified atom stereocenters. The Balaban J connectivity index is 5.59. The molecular weight excluding hydrogens is 1450 g/mol. The molecule has 0 heterocycles. The van der Waals surface area contributed by atoms with Crippen molar-refractivity contribution in [2.24, 2.45) is 0 Å². The van der Waals surface area contributed by atoms with Gasteiger partial charge in [-0.2, -0.15) is 0 Å². The van der Waals surface area contributed by atoms with Gasteiger partial charge in [-0.15, -0.1) is 0 Å².